The van der Waals surface area contributed by atoms with Crippen molar-refractivity contribution in [2.45, 2.75) is 64.3 Å². The molecule has 0 N–H and O–H groups in total. The molecule has 7 heteroatoms. The Bertz CT molecular complexity index is 1260. The van der Waals surface area contributed by atoms with E-state index in [1.165, 1.54) is 31.0 Å². The normalized spacial score (nSPS) is 17.3. The number of rotatable bonds is 10. The average Bonchev–Trinajstić information content (AvgIpc) is 3.65. The van der Waals surface area contributed by atoms with Crippen molar-refractivity contribution in [2.24, 2.45) is 0 Å². The highest BCUT2D eigenvalue weighted by molar-refractivity contribution is 8.26. The van der Waals surface area contributed by atoms with E-state index in [0.717, 1.165) is 67.0 Å². The topological polar surface area (TPSA) is 47.4 Å². The van der Waals surface area contributed by atoms with Crippen LogP contribution < -0.4 is 4.74 Å². The molecule has 1 saturated heterocycles. The number of aromatic nitrogens is 2. The first-order valence-corrected chi connectivity index (χ1v) is 14.5. The third kappa shape index (κ3) is 5.99. The van der Waals surface area contributed by atoms with Gasteiger partial charge in [-0.25, -0.2) is 4.68 Å². The molecule has 2 aliphatic rings. The van der Waals surface area contributed by atoms with Gasteiger partial charge in [0.15, 0.2) is 0 Å². The number of carbonyl (C=O) groups is 1. The molecule has 2 heterocycles. The number of ether oxygens (including phenoxy) is 1. The highest BCUT2D eigenvalue weighted by atomic mass is 32.2. The lowest BCUT2D eigenvalue weighted by atomic mass is 10.1. The van der Waals surface area contributed by atoms with E-state index >= 15 is 0 Å². The summed E-state index contributed by atoms with van der Waals surface area (Å²) in [5, 5.41) is 4.92. The molecule has 192 valence electrons. The molecule has 1 amide bonds. The number of amides is 1. The van der Waals surface area contributed by atoms with Crippen LogP contribution >= 0.6 is 24.0 Å². The SMILES string of the molecule is CCCCCCOc1ccc(-c2nn(-c3ccccc3)cc2C=C2SC(=S)N(C3CCCC3)C2=O)cc1. The molecule has 1 aromatic heterocycles. The Balaban J connectivity index is 1.42. The lowest BCUT2D eigenvalue weighted by Crippen LogP contribution is -2.36. The zero-order chi connectivity index (χ0) is 25.6. The van der Waals surface area contributed by atoms with Gasteiger partial charge in [0.25, 0.3) is 5.91 Å². The molecule has 0 radical (unpaired) electrons. The van der Waals surface area contributed by atoms with E-state index in [2.05, 4.69) is 6.92 Å². The van der Waals surface area contributed by atoms with E-state index < -0.39 is 0 Å². The molecule has 0 atom stereocenters. The first-order valence-electron chi connectivity index (χ1n) is 13.3. The molecule has 1 saturated carbocycles. The van der Waals surface area contributed by atoms with Gasteiger partial charge in [-0.2, -0.15) is 5.10 Å². The number of hydrogen-bond acceptors (Lipinski definition) is 5. The molecular formula is C30H33N3O2S2. The van der Waals surface area contributed by atoms with Crippen molar-refractivity contribution in [3.63, 3.8) is 0 Å². The minimum Gasteiger partial charge on any atom is -0.494 e. The Morgan fingerprint density at radius 2 is 1.81 bits per heavy atom. The summed E-state index contributed by atoms with van der Waals surface area (Å²) < 4.78 is 8.48. The van der Waals surface area contributed by atoms with Gasteiger partial charge in [0.1, 0.15) is 10.1 Å². The first-order chi connectivity index (χ1) is 18.1. The van der Waals surface area contributed by atoms with Gasteiger partial charge >= 0.3 is 0 Å². The summed E-state index contributed by atoms with van der Waals surface area (Å²) in [6.45, 7) is 2.94. The monoisotopic (exact) mass is 531 g/mol. The van der Waals surface area contributed by atoms with Crippen molar-refractivity contribution >= 4 is 40.3 Å². The fraction of sp³-hybridized carbons (Fsp3) is 0.367. The van der Waals surface area contributed by atoms with Gasteiger partial charge in [0, 0.05) is 23.4 Å². The molecule has 0 bridgehead atoms. The van der Waals surface area contributed by atoms with E-state index in [1.54, 1.807) is 0 Å². The van der Waals surface area contributed by atoms with Gasteiger partial charge in [-0.3, -0.25) is 9.69 Å². The quantitative estimate of drug-likeness (QED) is 0.153. The van der Waals surface area contributed by atoms with Crippen LogP contribution in [0.1, 0.15) is 63.9 Å². The van der Waals surface area contributed by atoms with E-state index in [4.69, 9.17) is 22.1 Å². The summed E-state index contributed by atoms with van der Waals surface area (Å²) in [6, 6.07) is 18.3. The second-order valence-electron chi connectivity index (χ2n) is 9.64. The Kier molecular flexibility index (Phi) is 8.41. The van der Waals surface area contributed by atoms with Crippen LogP contribution in [0.25, 0.3) is 23.0 Å². The molecule has 1 aliphatic heterocycles. The number of para-hydroxylation sites is 1. The molecule has 3 aromatic rings. The molecule has 5 rings (SSSR count). The van der Waals surface area contributed by atoms with Crippen molar-refractivity contribution in [3.8, 4) is 22.7 Å². The lowest BCUT2D eigenvalue weighted by Gasteiger charge is -2.21. The molecule has 0 unspecified atom stereocenters. The fourth-order valence-electron chi connectivity index (χ4n) is 4.96. The number of hydrogen-bond donors (Lipinski definition) is 0. The molecule has 5 nitrogen and oxygen atoms in total. The summed E-state index contributed by atoms with van der Waals surface area (Å²) >= 11 is 7.02. The largest absolute Gasteiger partial charge is 0.494 e. The van der Waals surface area contributed by atoms with E-state index in [0.29, 0.717) is 9.23 Å². The number of carbonyl (C=O) groups excluding carboxylic acids is 1. The summed E-state index contributed by atoms with van der Waals surface area (Å²) in [4.78, 5) is 15.9. The van der Waals surface area contributed by atoms with Gasteiger partial charge in [-0.15, -0.1) is 0 Å². The number of thiocarbonyl (C=S) groups is 1. The van der Waals surface area contributed by atoms with E-state index in [1.807, 2.05) is 76.5 Å². The Morgan fingerprint density at radius 1 is 1.05 bits per heavy atom. The highest BCUT2D eigenvalue weighted by Crippen LogP contribution is 2.39. The summed E-state index contributed by atoms with van der Waals surface area (Å²) in [5.41, 5.74) is 3.66. The third-order valence-electron chi connectivity index (χ3n) is 6.96. The molecule has 37 heavy (non-hydrogen) atoms. The van der Waals surface area contributed by atoms with Crippen LogP contribution in [0.3, 0.4) is 0 Å². The summed E-state index contributed by atoms with van der Waals surface area (Å²) in [6.07, 6.45) is 13.1. The fourth-order valence-corrected chi connectivity index (χ4v) is 6.35. The lowest BCUT2D eigenvalue weighted by molar-refractivity contribution is -0.123. The van der Waals surface area contributed by atoms with Crippen LogP contribution in [-0.4, -0.2) is 37.6 Å². The van der Waals surface area contributed by atoms with Crippen LogP contribution in [0.5, 0.6) is 5.75 Å². The molecule has 1 aliphatic carbocycles. The maximum atomic E-state index is 13.3. The van der Waals surface area contributed by atoms with Gasteiger partial charge < -0.3 is 4.74 Å². The van der Waals surface area contributed by atoms with Crippen LogP contribution in [0.2, 0.25) is 0 Å². The smallest absolute Gasteiger partial charge is 0.266 e. The number of benzene rings is 2. The van der Waals surface area contributed by atoms with Crippen molar-refractivity contribution < 1.29 is 9.53 Å². The number of unbranched alkanes of at least 4 members (excludes halogenated alkanes) is 3. The van der Waals surface area contributed by atoms with Gasteiger partial charge in [0.2, 0.25) is 0 Å². The zero-order valence-electron chi connectivity index (χ0n) is 21.3. The Labute approximate surface area is 228 Å². The Morgan fingerprint density at radius 3 is 2.54 bits per heavy atom. The predicted molar refractivity (Wildman–Crippen MR) is 156 cm³/mol. The second-order valence-corrected chi connectivity index (χ2v) is 11.3. The molecule has 0 spiro atoms. The molecular weight excluding hydrogens is 498 g/mol. The average molecular weight is 532 g/mol. The summed E-state index contributed by atoms with van der Waals surface area (Å²) in [5.74, 6) is 0.883. The van der Waals surface area contributed by atoms with Crippen molar-refractivity contribution in [1.29, 1.82) is 0 Å². The van der Waals surface area contributed by atoms with Crippen molar-refractivity contribution in [3.05, 3.63) is 71.3 Å². The van der Waals surface area contributed by atoms with Gasteiger partial charge in [0.05, 0.1) is 22.9 Å². The van der Waals surface area contributed by atoms with Crippen LogP contribution in [-0.2, 0) is 4.79 Å². The predicted octanol–water partition coefficient (Wildman–Crippen LogP) is 7.64. The molecule has 2 aromatic carbocycles. The van der Waals surface area contributed by atoms with Crippen molar-refractivity contribution in [1.82, 2.24) is 14.7 Å². The van der Waals surface area contributed by atoms with Gasteiger partial charge in [-0.05, 0) is 61.7 Å². The maximum absolute atomic E-state index is 13.3. The zero-order valence-corrected chi connectivity index (χ0v) is 22.9. The minimum absolute atomic E-state index is 0.0205. The van der Waals surface area contributed by atoms with E-state index in [9.17, 15) is 4.79 Å². The van der Waals surface area contributed by atoms with Crippen LogP contribution in [0.4, 0.5) is 0 Å². The summed E-state index contributed by atoms with van der Waals surface area (Å²) in [7, 11) is 0. The molecule has 2 fully saturated rings. The van der Waals surface area contributed by atoms with Crippen LogP contribution in [0, 0.1) is 0 Å². The van der Waals surface area contributed by atoms with Crippen molar-refractivity contribution in [2.75, 3.05) is 6.61 Å². The highest BCUT2D eigenvalue weighted by Gasteiger charge is 2.38. The van der Waals surface area contributed by atoms with Crippen LogP contribution in [0.15, 0.2) is 65.7 Å². The number of nitrogens with zero attached hydrogens (tertiary/aromatic N) is 3. The minimum atomic E-state index is 0.0205. The van der Waals surface area contributed by atoms with Gasteiger partial charge in [-0.1, -0.05) is 81.2 Å². The Hall–Kier alpha value is -2.90. The first kappa shape index (κ1) is 25.7. The standard InChI is InChI=1S/C30H33N3O2S2/c1-2-3-4-10-19-35-26-17-15-22(16-18-26)28-23(21-32(31-28)24-11-6-5-7-12-24)20-27-29(34)33(30(36)37-27)25-13-8-9-14-25/h5-7,11-12,15-18,20-21,25H,2-4,8-10,13-14,19H2,1H3. The second kappa shape index (κ2) is 12.1. The third-order valence-corrected chi connectivity index (χ3v) is 8.29. The van der Waals surface area contributed by atoms with E-state index in [-0.39, 0.29) is 11.9 Å². The number of thioether (sulfide) groups is 1. The maximum Gasteiger partial charge on any atom is 0.266 e.